The first-order chi connectivity index (χ1) is 13.7. The molecule has 1 saturated carbocycles. The highest BCUT2D eigenvalue weighted by molar-refractivity contribution is 7.90. The van der Waals surface area contributed by atoms with Crippen molar-refractivity contribution in [3.05, 3.63) is 35.1 Å². The highest BCUT2D eigenvalue weighted by Gasteiger charge is 2.35. The maximum Gasteiger partial charge on any atom is 0.223 e. The van der Waals surface area contributed by atoms with Crippen molar-refractivity contribution in [3.63, 3.8) is 0 Å². The molecular formula is C19H26F3N3O3S. The van der Waals surface area contributed by atoms with Crippen molar-refractivity contribution in [2.45, 2.75) is 49.8 Å². The number of nitrogens with two attached hydrogens (primary N) is 1. The molecule has 2 fully saturated rings. The van der Waals surface area contributed by atoms with E-state index in [-0.39, 0.29) is 42.0 Å². The van der Waals surface area contributed by atoms with Gasteiger partial charge in [0.25, 0.3) is 0 Å². The largest absolute Gasteiger partial charge is 0.343 e. The molecule has 0 spiro atoms. The number of hydrogen-bond donors (Lipinski definition) is 2. The Morgan fingerprint density at radius 3 is 2.34 bits per heavy atom. The van der Waals surface area contributed by atoms with Crippen LogP contribution in [0, 0.1) is 23.4 Å². The van der Waals surface area contributed by atoms with Crippen LogP contribution in [0.15, 0.2) is 12.1 Å². The fourth-order valence-corrected chi connectivity index (χ4v) is 5.05. The normalized spacial score (nSPS) is 19.4. The first kappa shape index (κ1) is 22.0. The Hall–Kier alpha value is -1.65. The number of piperidine rings is 1. The molecule has 1 aliphatic heterocycles. The monoisotopic (exact) mass is 433 g/mol. The van der Waals surface area contributed by atoms with Crippen LogP contribution in [0.3, 0.4) is 0 Å². The summed E-state index contributed by atoms with van der Waals surface area (Å²) in [6.45, 7) is 1.05. The van der Waals surface area contributed by atoms with Crippen LogP contribution in [0.25, 0.3) is 0 Å². The molecule has 0 unspecified atom stereocenters. The summed E-state index contributed by atoms with van der Waals surface area (Å²) in [5.74, 6) is -3.25. The van der Waals surface area contributed by atoms with Crippen molar-refractivity contribution in [1.82, 2.24) is 9.62 Å². The lowest BCUT2D eigenvalue weighted by Crippen LogP contribution is -2.45. The molecule has 1 saturated heterocycles. The van der Waals surface area contributed by atoms with E-state index < -0.39 is 33.5 Å². The van der Waals surface area contributed by atoms with E-state index in [0.29, 0.717) is 44.8 Å². The van der Waals surface area contributed by atoms with Gasteiger partial charge in [0.2, 0.25) is 15.9 Å². The second-order valence-electron chi connectivity index (χ2n) is 7.83. The number of rotatable bonds is 8. The molecule has 3 rings (SSSR count). The van der Waals surface area contributed by atoms with Crippen molar-refractivity contribution >= 4 is 15.9 Å². The lowest BCUT2D eigenvalue weighted by molar-refractivity contribution is -0.132. The molecule has 6 nitrogen and oxygen atoms in total. The van der Waals surface area contributed by atoms with E-state index in [1.54, 1.807) is 4.90 Å². The summed E-state index contributed by atoms with van der Waals surface area (Å²) in [5.41, 5.74) is 6.20. The quantitative estimate of drug-likeness (QED) is 0.610. The number of likely N-dealkylation sites (tertiary alicyclic amines) is 1. The molecule has 1 atom stereocenters. The smallest absolute Gasteiger partial charge is 0.223 e. The van der Waals surface area contributed by atoms with Gasteiger partial charge in [0.15, 0.2) is 11.6 Å². The van der Waals surface area contributed by atoms with E-state index in [0.717, 1.165) is 6.07 Å². The van der Waals surface area contributed by atoms with Crippen LogP contribution in [0.4, 0.5) is 13.2 Å². The Bertz CT molecular complexity index is 854. The van der Waals surface area contributed by atoms with E-state index in [2.05, 4.69) is 4.72 Å². The van der Waals surface area contributed by atoms with Gasteiger partial charge in [0.1, 0.15) is 5.82 Å². The Labute approximate surface area is 168 Å². The average Bonchev–Trinajstić information content (AvgIpc) is 3.52. The van der Waals surface area contributed by atoms with E-state index >= 15 is 0 Å². The molecule has 3 N–H and O–H groups in total. The molecule has 1 aromatic rings. The van der Waals surface area contributed by atoms with E-state index in [1.807, 2.05) is 0 Å². The van der Waals surface area contributed by atoms with E-state index in [9.17, 15) is 26.4 Å². The molecule has 0 radical (unpaired) electrons. The Morgan fingerprint density at radius 2 is 1.72 bits per heavy atom. The summed E-state index contributed by atoms with van der Waals surface area (Å²) in [6.07, 6.45) is 2.77. The molecular weight excluding hydrogens is 407 g/mol. The van der Waals surface area contributed by atoms with Gasteiger partial charge in [-0.3, -0.25) is 4.79 Å². The Kier molecular flexibility index (Phi) is 6.85. The number of nitrogens with zero attached hydrogens (tertiary/aromatic N) is 1. The highest BCUT2D eigenvalue weighted by atomic mass is 32.2. The second kappa shape index (κ2) is 9.01. The van der Waals surface area contributed by atoms with Gasteiger partial charge in [-0.15, -0.1) is 0 Å². The average molecular weight is 433 g/mol. The fraction of sp³-hybridized carbons (Fsp3) is 0.632. The third-order valence-corrected chi connectivity index (χ3v) is 7.60. The molecule has 162 valence electrons. The second-order valence-corrected chi connectivity index (χ2v) is 9.88. The standard InChI is InChI=1S/C19H26F3N3O3S/c20-15-11-17(22)16(21)9-13(15)10-18(23)12-4-7-25(8-5-12)19(26)3-6-24-29(27,28)14-1-2-14/h9,11-12,14,18,24H,1-8,10,23H2/t18-/m1/s1. The predicted octanol–water partition coefficient (Wildman–Crippen LogP) is 1.68. The maximum atomic E-state index is 13.8. The molecule has 2 aliphatic rings. The van der Waals surface area contributed by atoms with Gasteiger partial charge in [0.05, 0.1) is 5.25 Å². The Morgan fingerprint density at radius 1 is 1.10 bits per heavy atom. The topological polar surface area (TPSA) is 92.5 Å². The first-order valence-corrected chi connectivity index (χ1v) is 11.4. The summed E-state index contributed by atoms with van der Waals surface area (Å²) in [5, 5.41) is -0.311. The fourth-order valence-electron chi connectivity index (χ4n) is 3.67. The number of hydrogen-bond acceptors (Lipinski definition) is 4. The molecule has 1 heterocycles. The van der Waals surface area contributed by atoms with Gasteiger partial charge >= 0.3 is 0 Å². The van der Waals surface area contributed by atoms with E-state index in [4.69, 9.17) is 5.73 Å². The lowest BCUT2D eigenvalue weighted by Gasteiger charge is -2.35. The minimum Gasteiger partial charge on any atom is -0.343 e. The number of nitrogens with one attached hydrogen (secondary N) is 1. The zero-order valence-electron chi connectivity index (χ0n) is 16.0. The SMILES string of the molecule is N[C@H](Cc1cc(F)c(F)cc1F)C1CCN(C(=O)CCNS(=O)(=O)C2CC2)CC1. The number of amides is 1. The molecule has 29 heavy (non-hydrogen) atoms. The van der Waals surface area contributed by atoms with Crippen LogP contribution in [0.2, 0.25) is 0 Å². The predicted molar refractivity (Wildman–Crippen MR) is 102 cm³/mol. The van der Waals surface area contributed by atoms with Gasteiger partial charge in [-0.25, -0.2) is 26.3 Å². The van der Waals surface area contributed by atoms with Crippen LogP contribution in [-0.2, 0) is 21.2 Å². The van der Waals surface area contributed by atoms with Gasteiger partial charge in [-0.2, -0.15) is 0 Å². The van der Waals surface area contributed by atoms with Crippen molar-refractivity contribution in [1.29, 1.82) is 0 Å². The van der Waals surface area contributed by atoms with Gasteiger partial charge in [-0.05, 0) is 49.7 Å². The Balaban J connectivity index is 1.43. The van der Waals surface area contributed by atoms with Crippen molar-refractivity contribution in [2.75, 3.05) is 19.6 Å². The number of benzene rings is 1. The van der Waals surface area contributed by atoms with E-state index in [1.165, 1.54) is 0 Å². The highest BCUT2D eigenvalue weighted by Crippen LogP contribution is 2.27. The zero-order chi connectivity index (χ0) is 21.2. The summed E-state index contributed by atoms with van der Waals surface area (Å²) >= 11 is 0. The van der Waals surface area contributed by atoms with Crippen LogP contribution in [-0.4, -0.2) is 50.2 Å². The number of carbonyl (C=O) groups is 1. The number of halogens is 3. The minimum absolute atomic E-state index is 0.0277. The third-order valence-electron chi connectivity index (χ3n) is 5.65. The molecule has 0 aromatic heterocycles. The molecule has 10 heteroatoms. The molecule has 1 aliphatic carbocycles. The van der Waals surface area contributed by atoms with Crippen molar-refractivity contribution in [3.8, 4) is 0 Å². The van der Waals surface area contributed by atoms with Crippen LogP contribution in [0.5, 0.6) is 0 Å². The zero-order valence-corrected chi connectivity index (χ0v) is 16.9. The number of sulfonamides is 1. The van der Waals surface area contributed by atoms with Gasteiger partial charge in [-0.1, -0.05) is 0 Å². The summed E-state index contributed by atoms with van der Waals surface area (Å²) in [7, 11) is -3.29. The maximum absolute atomic E-state index is 13.8. The number of carbonyl (C=O) groups excluding carboxylic acids is 1. The summed E-state index contributed by atoms with van der Waals surface area (Å²) in [4.78, 5) is 14.0. The van der Waals surface area contributed by atoms with Gasteiger partial charge in [0, 0.05) is 38.2 Å². The molecule has 0 bridgehead atoms. The first-order valence-electron chi connectivity index (χ1n) is 9.82. The van der Waals surface area contributed by atoms with Crippen LogP contribution < -0.4 is 10.5 Å². The third kappa shape index (κ3) is 5.70. The van der Waals surface area contributed by atoms with Crippen molar-refractivity contribution < 1.29 is 26.4 Å². The minimum atomic E-state index is -3.29. The van der Waals surface area contributed by atoms with Gasteiger partial charge < -0.3 is 10.6 Å². The molecule has 1 aromatic carbocycles. The van der Waals surface area contributed by atoms with Crippen molar-refractivity contribution in [2.24, 2.45) is 11.7 Å². The lowest BCUT2D eigenvalue weighted by atomic mass is 9.86. The van der Waals surface area contributed by atoms with Crippen LogP contribution in [0.1, 0.15) is 37.7 Å². The summed E-state index contributed by atoms with van der Waals surface area (Å²) < 4.78 is 66.2. The van der Waals surface area contributed by atoms with Crippen LogP contribution >= 0.6 is 0 Å². The summed E-state index contributed by atoms with van der Waals surface area (Å²) in [6, 6.07) is 0.930. The molecule has 1 amide bonds.